The van der Waals surface area contributed by atoms with E-state index in [9.17, 15) is 9.59 Å². The zero-order chi connectivity index (χ0) is 24.4. The van der Waals surface area contributed by atoms with Gasteiger partial charge in [-0.1, -0.05) is 48.0 Å². The first-order chi connectivity index (χ1) is 17.0. The predicted molar refractivity (Wildman–Crippen MR) is 142 cm³/mol. The third-order valence-electron chi connectivity index (χ3n) is 6.17. The van der Waals surface area contributed by atoms with Gasteiger partial charge in [0.15, 0.2) is 5.13 Å². The van der Waals surface area contributed by atoms with Gasteiger partial charge in [-0.3, -0.25) is 9.59 Å². The Morgan fingerprint density at radius 3 is 2.63 bits per heavy atom. The van der Waals surface area contributed by atoms with Crippen LogP contribution in [0.4, 0.5) is 16.5 Å². The largest absolute Gasteiger partial charge is 0.365 e. The van der Waals surface area contributed by atoms with E-state index >= 15 is 0 Å². The number of thiazole rings is 1. The number of carbonyl (C=O) groups excluding carboxylic acids is 2. The van der Waals surface area contributed by atoms with Crippen LogP contribution in [-0.4, -0.2) is 30.4 Å². The summed E-state index contributed by atoms with van der Waals surface area (Å²) in [5.74, 6) is -0.128. The van der Waals surface area contributed by atoms with E-state index in [0.29, 0.717) is 12.1 Å². The van der Waals surface area contributed by atoms with Crippen molar-refractivity contribution in [1.29, 1.82) is 0 Å². The summed E-state index contributed by atoms with van der Waals surface area (Å²) >= 11 is 1.49. The van der Waals surface area contributed by atoms with Crippen molar-refractivity contribution in [2.24, 2.45) is 0 Å². The highest BCUT2D eigenvalue weighted by atomic mass is 32.1. The van der Waals surface area contributed by atoms with E-state index in [1.54, 1.807) is 0 Å². The van der Waals surface area contributed by atoms with Gasteiger partial charge in [0.25, 0.3) is 5.91 Å². The molecule has 0 unspecified atom stereocenters. The molecule has 1 aliphatic heterocycles. The van der Waals surface area contributed by atoms with Crippen molar-refractivity contribution in [2.75, 3.05) is 29.1 Å². The number of nitrogens with zero attached hydrogens (tertiary/aromatic N) is 2. The average Bonchev–Trinajstić information content (AvgIpc) is 3.51. The second-order valence-electron chi connectivity index (χ2n) is 8.58. The van der Waals surface area contributed by atoms with Gasteiger partial charge in [0.1, 0.15) is 0 Å². The Bertz CT molecular complexity index is 1390. The molecular formula is C28H26N4O2S. The van der Waals surface area contributed by atoms with Crippen LogP contribution in [-0.2, 0) is 17.6 Å². The van der Waals surface area contributed by atoms with Crippen LogP contribution in [0, 0.1) is 6.92 Å². The molecule has 176 valence electrons. The first-order valence-electron chi connectivity index (χ1n) is 11.5. The van der Waals surface area contributed by atoms with E-state index in [-0.39, 0.29) is 18.2 Å². The highest BCUT2D eigenvalue weighted by Crippen LogP contribution is 2.32. The van der Waals surface area contributed by atoms with Crippen LogP contribution < -0.4 is 15.5 Å². The SMILES string of the molecule is CNc1nc(CC(=O)N2CCc3cc(NC(=O)c4ccccc4-c4ccc(C)cc4)ccc32)cs1. The first-order valence-corrected chi connectivity index (χ1v) is 12.4. The van der Waals surface area contributed by atoms with Crippen LogP contribution in [0.5, 0.6) is 0 Å². The van der Waals surface area contributed by atoms with E-state index in [1.807, 2.05) is 91.0 Å². The Morgan fingerprint density at radius 1 is 1.06 bits per heavy atom. The summed E-state index contributed by atoms with van der Waals surface area (Å²) in [4.78, 5) is 32.3. The Kier molecular flexibility index (Phi) is 6.33. The van der Waals surface area contributed by atoms with E-state index in [4.69, 9.17) is 0 Å². The molecule has 4 aromatic rings. The molecule has 6 nitrogen and oxygen atoms in total. The molecule has 0 aliphatic carbocycles. The number of amides is 2. The molecular weight excluding hydrogens is 456 g/mol. The van der Waals surface area contributed by atoms with Gasteiger partial charge in [0, 0.05) is 35.9 Å². The van der Waals surface area contributed by atoms with Gasteiger partial charge >= 0.3 is 0 Å². The quantitative estimate of drug-likeness (QED) is 0.378. The Morgan fingerprint density at radius 2 is 1.86 bits per heavy atom. The second kappa shape index (κ2) is 9.72. The van der Waals surface area contributed by atoms with Crippen molar-refractivity contribution in [3.8, 4) is 11.1 Å². The minimum absolute atomic E-state index is 0.0283. The van der Waals surface area contributed by atoms with Gasteiger partial charge in [0.05, 0.1) is 12.1 Å². The van der Waals surface area contributed by atoms with Gasteiger partial charge in [-0.15, -0.1) is 11.3 Å². The van der Waals surface area contributed by atoms with Crippen molar-refractivity contribution in [3.63, 3.8) is 0 Å². The van der Waals surface area contributed by atoms with E-state index in [2.05, 4.69) is 15.6 Å². The molecule has 0 saturated heterocycles. The summed E-state index contributed by atoms with van der Waals surface area (Å²) in [6.07, 6.45) is 1.02. The highest BCUT2D eigenvalue weighted by Gasteiger charge is 2.26. The minimum Gasteiger partial charge on any atom is -0.365 e. The lowest BCUT2D eigenvalue weighted by atomic mass is 9.98. The van der Waals surface area contributed by atoms with Gasteiger partial charge in [-0.05, 0) is 54.3 Å². The third-order valence-corrected chi connectivity index (χ3v) is 7.07. The number of carbonyl (C=O) groups is 2. The number of hydrogen-bond donors (Lipinski definition) is 2. The number of hydrogen-bond acceptors (Lipinski definition) is 5. The van der Waals surface area contributed by atoms with Gasteiger partial charge < -0.3 is 15.5 Å². The molecule has 0 bridgehead atoms. The molecule has 35 heavy (non-hydrogen) atoms. The van der Waals surface area contributed by atoms with Crippen LogP contribution in [0.2, 0.25) is 0 Å². The summed E-state index contributed by atoms with van der Waals surface area (Å²) in [5, 5.41) is 8.76. The first kappa shape index (κ1) is 22.8. The number of aryl methyl sites for hydroxylation is 1. The summed E-state index contributed by atoms with van der Waals surface area (Å²) in [6, 6.07) is 21.5. The Hall–Kier alpha value is -3.97. The fourth-order valence-electron chi connectivity index (χ4n) is 4.36. The molecule has 0 spiro atoms. The van der Waals surface area contributed by atoms with Crippen molar-refractivity contribution >= 4 is 39.7 Å². The molecule has 0 saturated carbocycles. The topological polar surface area (TPSA) is 74.3 Å². The summed E-state index contributed by atoms with van der Waals surface area (Å²) in [7, 11) is 1.82. The van der Waals surface area contributed by atoms with E-state index in [0.717, 1.165) is 45.3 Å². The van der Waals surface area contributed by atoms with Crippen molar-refractivity contribution < 1.29 is 9.59 Å². The zero-order valence-electron chi connectivity index (χ0n) is 19.7. The number of rotatable bonds is 6. The summed E-state index contributed by atoms with van der Waals surface area (Å²) in [6.45, 7) is 2.68. The maximum atomic E-state index is 13.2. The maximum absolute atomic E-state index is 13.2. The van der Waals surface area contributed by atoms with E-state index < -0.39 is 0 Å². The van der Waals surface area contributed by atoms with Crippen molar-refractivity contribution in [1.82, 2.24) is 4.98 Å². The minimum atomic E-state index is -0.157. The molecule has 2 heterocycles. The number of anilines is 3. The fourth-order valence-corrected chi connectivity index (χ4v) is 5.03. The Labute approximate surface area is 208 Å². The second-order valence-corrected chi connectivity index (χ2v) is 9.43. The molecule has 0 fully saturated rings. The molecule has 1 aliphatic rings. The lowest BCUT2D eigenvalue weighted by Crippen LogP contribution is -2.30. The molecule has 3 aromatic carbocycles. The van der Waals surface area contributed by atoms with Crippen molar-refractivity contribution in [3.05, 3.63) is 94.5 Å². The smallest absolute Gasteiger partial charge is 0.256 e. The van der Waals surface area contributed by atoms with Gasteiger partial charge in [-0.2, -0.15) is 0 Å². The standard InChI is InChI=1S/C28H26N4O2S/c1-18-7-9-19(10-8-18)23-5-3-4-6-24(23)27(34)30-21-11-12-25-20(15-21)13-14-32(25)26(33)16-22-17-35-28(29-2)31-22/h3-12,15,17H,13-14,16H2,1-2H3,(H,29,31)(H,30,34). The maximum Gasteiger partial charge on any atom is 0.256 e. The number of fused-ring (bicyclic) bond motifs is 1. The van der Waals surface area contributed by atoms with Crippen LogP contribution >= 0.6 is 11.3 Å². The normalized spacial score (nSPS) is 12.3. The number of benzene rings is 3. The van der Waals surface area contributed by atoms with Gasteiger partial charge in [-0.25, -0.2) is 4.98 Å². The predicted octanol–water partition coefficient (Wildman–Crippen LogP) is 5.54. The number of nitrogens with one attached hydrogen (secondary N) is 2. The van der Waals surface area contributed by atoms with Crippen LogP contribution in [0.25, 0.3) is 11.1 Å². The summed E-state index contributed by atoms with van der Waals surface area (Å²) < 4.78 is 0. The van der Waals surface area contributed by atoms with Gasteiger partial charge in [0.2, 0.25) is 5.91 Å². The highest BCUT2D eigenvalue weighted by molar-refractivity contribution is 7.13. The van der Waals surface area contributed by atoms with Crippen molar-refractivity contribution in [2.45, 2.75) is 19.8 Å². The lowest BCUT2D eigenvalue weighted by Gasteiger charge is -2.17. The lowest BCUT2D eigenvalue weighted by molar-refractivity contribution is -0.117. The molecule has 1 aromatic heterocycles. The molecule has 2 amide bonds. The fraction of sp³-hybridized carbons (Fsp3) is 0.179. The molecule has 2 N–H and O–H groups in total. The van der Waals surface area contributed by atoms with Crippen LogP contribution in [0.1, 0.15) is 27.2 Å². The zero-order valence-corrected chi connectivity index (χ0v) is 20.5. The molecule has 7 heteroatoms. The molecule has 0 radical (unpaired) electrons. The summed E-state index contributed by atoms with van der Waals surface area (Å²) in [5.41, 5.74) is 7.15. The monoisotopic (exact) mass is 482 g/mol. The third kappa shape index (κ3) is 4.81. The van der Waals surface area contributed by atoms with E-state index in [1.165, 1.54) is 16.9 Å². The molecule has 5 rings (SSSR count). The van der Waals surface area contributed by atoms with Crippen LogP contribution in [0.3, 0.4) is 0 Å². The number of aromatic nitrogens is 1. The average molecular weight is 483 g/mol. The van der Waals surface area contributed by atoms with Crippen LogP contribution in [0.15, 0.2) is 72.1 Å². The molecule has 0 atom stereocenters. The Balaban J connectivity index is 1.31.